The number of esters is 1. The second-order valence-corrected chi connectivity index (χ2v) is 10.1. The monoisotopic (exact) mass is 508 g/mol. The zero-order valence-corrected chi connectivity index (χ0v) is 21.5. The van der Waals surface area contributed by atoms with Crippen LogP contribution in [0.2, 0.25) is 10.0 Å². The summed E-state index contributed by atoms with van der Waals surface area (Å²) < 4.78 is 13.3. The van der Waals surface area contributed by atoms with Gasteiger partial charge in [0.25, 0.3) is 0 Å². The van der Waals surface area contributed by atoms with E-state index in [9.17, 15) is 4.79 Å². The van der Waals surface area contributed by atoms with Crippen LogP contribution >= 0.6 is 23.2 Å². The Morgan fingerprint density at radius 2 is 1.57 bits per heavy atom. The van der Waals surface area contributed by atoms with E-state index in [1.165, 1.54) is 0 Å². The van der Waals surface area contributed by atoms with Crippen LogP contribution in [-0.4, -0.2) is 21.4 Å². The van der Waals surface area contributed by atoms with Crippen molar-refractivity contribution >= 4 is 29.2 Å². The van der Waals surface area contributed by atoms with E-state index < -0.39 is 5.60 Å². The van der Waals surface area contributed by atoms with Crippen molar-refractivity contribution in [3.8, 4) is 22.7 Å². The highest BCUT2D eigenvalue weighted by Crippen LogP contribution is 2.32. The lowest BCUT2D eigenvalue weighted by molar-refractivity contribution is 0.00694. The number of rotatable bonds is 6. The summed E-state index contributed by atoms with van der Waals surface area (Å²) >= 11 is 12.4. The fraction of sp³-hybridized carbons (Fsp3) is 0.214. The van der Waals surface area contributed by atoms with Crippen molar-refractivity contribution in [2.24, 2.45) is 0 Å². The number of aryl methyl sites for hydroxylation is 1. The summed E-state index contributed by atoms with van der Waals surface area (Å²) in [6, 6.07) is 20.6. The number of carbonyl (C=O) groups excluding carboxylic acids is 1. The van der Waals surface area contributed by atoms with Gasteiger partial charge in [-0.1, -0.05) is 65.2 Å². The van der Waals surface area contributed by atoms with Crippen molar-refractivity contribution < 1.29 is 14.3 Å². The molecule has 7 heteroatoms. The molecular weight excluding hydrogens is 483 g/mol. The zero-order valence-electron chi connectivity index (χ0n) is 20.0. The Bertz CT molecular complexity index is 1320. The van der Waals surface area contributed by atoms with E-state index in [0.29, 0.717) is 21.5 Å². The summed E-state index contributed by atoms with van der Waals surface area (Å²) in [7, 11) is 0. The molecule has 3 aromatic carbocycles. The van der Waals surface area contributed by atoms with Crippen molar-refractivity contribution in [3.63, 3.8) is 0 Å². The first-order valence-corrected chi connectivity index (χ1v) is 11.9. The molecular formula is C28H26Cl2N2O3. The number of halogens is 2. The molecule has 0 fully saturated rings. The maximum atomic E-state index is 12.3. The van der Waals surface area contributed by atoms with Crippen LogP contribution in [0.4, 0.5) is 0 Å². The van der Waals surface area contributed by atoms with E-state index in [-0.39, 0.29) is 12.6 Å². The van der Waals surface area contributed by atoms with E-state index in [0.717, 1.165) is 27.9 Å². The normalized spacial score (nSPS) is 11.4. The molecule has 0 atom stereocenters. The predicted octanol–water partition coefficient (Wildman–Crippen LogP) is 7.69. The van der Waals surface area contributed by atoms with Crippen LogP contribution < -0.4 is 4.74 Å². The molecule has 0 bridgehead atoms. The molecule has 0 spiro atoms. The first-order chi connectivity index (χ1) is 16.6. The average molecular weight is 509 g/mol. The Labute approximate surface area is 215 Å². The van der Waals surface area contributed by atoms with Crippen molar-refractivity contribution in [3.05, 3.63) is 99.7 Å². The molecule has 180 valence electrons. The second-order valence-electron chi connectivity index (χ2n) is 9.27. The van der Waals surface area contributed by atoms with Gasteiger partial charge in [-0.3, -0.25) is 0 Å². The summed E-state index contributed by atoms with van der Waals surface area (Å²) in [5.74, 6) is 0.117. The number of ether oxygens (including phenoxy) is 2. The standard InChI is InChI=1S/C28H26Cl2N2O3/c1-18-5-9-20(10-6-18)25-16-32(24-14-22(29)13-23(30)15-24)31-26(25)34-17-19-7-11-21(12-8-19)27(33)35-28(2,3)4/h5-16H,17H2,1-4H3. The van der Waals surface area contributed by atoms with Crippen LogP contribution in [0.25, 0.3) is 16.8 Å². The summed E-state index contributed by atoms with van der Waals surface area (Å²) in [5, 5.41) is 5.71. The fourth-order valence-electron chi connectivity index (χ4n) is 3.43. The molecule has 0 unspecified atom stereocenters. The second kappa shape index (κ2) is 10.1. The first kappa shape index (κ1) is 24.8. The maximum absolute atomic E-state index is 12.3. The predicted molar refractivity (Wildman–Crippen MR) is 140 cm³/mol. The molecule has 1 aromatic heterocycles. The van der Waals surface area contributed by atoms with Crippen molar-refractivity contribution in [1.29, 1.82) is 0 Å². The summed E-state index contributed by atoms with van der Waals surface area (Å²) in [6.07, 6.45) is 1.90. The van der Waals surface area contributed by atoms with Crippen LogP contribution in [0.15, 0.2) is 72.9 Å². The Hall–Kier alpha value is -3.28. The molecule has 0 aliphatic carbocycles. The molecule has 0 aliphatic heterocycles. The molecule has 4 rings (SSSR count). The molecule has 0 saturated heterocycles. The van der Waals surface area contributed by atoms with Crippen LogP contribution in [-0.2, 0) is 11.3 Å². The lowest BCUT2D eigenvalue weighted by atomic mass is 10.1. The van der Waals surface area contributed by atoms with Crippen molar-refractivity contribution in [2.45, 2.75) is 39.9 Å². The minimum absolute atomic E-state index is 0.279. The van der Waals surface area contributed by atoms with Crippen molar-refractivity contribution in [1.82, 2.24) is 9.78 Å². The van der Waals surface area contributed by atoms with Gasteiger partial charge < -0.3 is 9.47 Å². The fourth-order valence-corrected chi connectivity index (χ4v) is 3.94. The SMILES string of the molecule is Cc1ccc(-c2cn(-c3cc(Cl)cc(Cl)c3)nc2OCc2ccc(C(=O)OC(C)(C)C)cc2)cc1. The van der Waals surface area contributed by atoms with E-state index in [1.54, 1.807) is 35.0 Å². The van der Waals surface area contributed by atoms with Gasteiger partial charge in [0.05, 0.1) is 16.8 Å². The zero-order chi connectivity index (χ0) is 25.2. The highest BCUT2D eigenvalue weighted by atomic mass is 35.5. The molecule has 0 saturated carbocycles. The highest BCUT2D eigenvalue weighted by molar-refractivity contribution is 6.34. The number of benzene rings is 3. The van der Waals surface area contributed by atoms with Crippen molar-refractivity contribution in [2.75, 3.05) is 0 Å². The van der Waals surface area contributed by atoms with Gasteiger partial charge in [0.1, 0.15) is 12.2 Å². The minimum atomic E-state index is -0.544. The third-order valence-corrected chi connectivity index (χ3v) is 5.56. The Kier molecular flexibility index (Phi) is 7.20. The highest BCUT2D eigenvalue weighted by Gasteiger charge is 2.18. The lowest BCUT2D eigenvalue weighted by Crippen LogP contribution is -2.23. The van der Waals surface area contributed by atoms with Crippen LogP contribution in [0.3, 0.4) is 0 Å². The summed E-state index contributed by atoms with van der Waals surface area (Å²) in [5.41, 5.74) is 4.55. The number of aromatic nitrogens is 2. The molecule has 0 amide bonds. The Morgan fingerprint density at radius 3 is 2.17 bits per heavy atom. The number of carbonyl (C=O) groups is 1. The van der Waals surface area contributed by atoms with Gasteiger partial charge in [-0.05, 0) is 69.2 Å². The molecule has 0 N–H and O–H groups in total. The third kappa shape index (κ3) is 6.44. The van der Waals surface area contributed by atoms with Gasteiger partial charge in [0.2, 0.25) is 5.88 Å². The number of nitrogens with zero attached hydrogens (tertiary/aromatic N) is 2. The maximum Gasteiger partial charge on any atom is 0.338 e. The summed E-state index contributed by atoms with van der Waals surface area (Å²) in [4.78, 5) is 12.3. The van der Waals surface area contributed by atoms with Gasteiger partial charge in [-0.2, -0.15) is 0 Å². The first-order valence-electron chi connectivity index (χ1n) is 11.2. The third-order valence-electron chi connectivity index (χ3n) is 5.12. The van der Waals surface area contributed by atoms with Gasteiger partial charge in [-0.15, -0.1) is 5.10 Å². The van der Waals surface area contributed by atoms with Gasteiger partial charge >= 0.3 is 5.97 Å². The largest absolute Gasteiger partial charge is 0.471 e. The number of hydrogen-bond acceptors (Lipinski definition) is 4. The van der Waals surface area contributed by atoms with Crippen LogP contribution in [0, 0.1) is 6.92 Å². The summed E-state index contributed by atoms with van der Waals surface area (Å²) in [6.45, 7) is 7.85. The Balaban J connectivity index is 1.59. The molecule has 35 heavy (non-hydrogen) atoms. The van der Waals surface area contributed by atoms with Gasteiger partial charge in [0.15, 0.2) is 0 Å². The van der Waals surface area contributed by atoms with E-state index >= 15 is 0 Å². The molecule has 1 heterocycles. The smallest absolute Gasteiger partial charge is 0.338 e. The van der Waals surface area contributed by atoms with E-state index in [1.807, 2.05) is 70.3 Å². The topological polar surface area (TPSA) is 53.4 Å². The average Bonchev–Trinajstić information content (AvgIpc) is 3.21. The molecule has 4 aromatic rings. The quantitative estimate of drug-likeness (QED) is 0.250. The molecule has 5 nitrogen and oxygen atoms in total. The van der Waals surface area contributed by atoms with Crippen LogP contribution in [0.5, 0.6) is 5.88 Å². The van der Waals surface area contributed by atoms with Gasteiger partial charge in [0, 0.05) is 16.2 Å². The minimum Gasteiger partial charge on any atom is -0.471 e. The van der Waals surface area contributed by atoms with Gasteiger partial charge in [-0.25, -0.2) is 9.48 Å². The van der Waals surface area contributed by atoms with E-state index in [4.69, 9.17) is 32.7 Å². The lowest BCUT2D eigenvalue weighted by Gasteiger charge is -2.19. The number of hydrogen-bond donors (Lipinski definition) is 0. The molecule has 0 radical (unpaired) electrons. The van der Waals surface area contributed by atoms with Crippen LogP contribution in [0.1, 0.15) is 42.3 Å². The Morgan fingerprint density at radius 1 is 0.943 bits per heavy atom. The van der Waals surface area contributed by atoms with E-state index in [2.05, 4.69) is 5.10 Å². The molecule has 0 aliphatic rings.